The molecule has 0 radical (unpaired) electrons. The average Bonchev–Trinajstić information content (AvgIpc) is 2.82. The number of nitrogens with zero attached hydrogens (tertiary/aromatic N) is 1. The van der Waals surface area contributed by atoms with Crippen LogP contribution in [0.4, 0.5) is 4.39 Å². The van der Waals surface area contributed by atoms with Gasteiger partial charge in [-0.1, -0.05) is 19.1 Å². The molecule has 0 aromatic heterocycles. The summed E-state index contributed by atoms with van der Waals surface area (Å²) in [5.41, 5.74) is 7.28. The Morgan fingerprint density at radius 2 is 2.23 bits per heavy atom. The van der Waals surface area contributed by atoms with E-state index in [1.165, 1.54) is 6.07 Å². The number of rotatable bonds is 5. The van der Waals surface area contributed by atoms with Crippen LogP contribution in [0.25, 0.3) is 0 Å². The molecule has 1 amide bonds. The van der Waals surface area contributed by atoms with Crippen molar-refractivity contribution < 1.29 is 9.18 Å². The topological polar surface area (TPSA) is 58.4 Å². The lowest BCUT2D eigenvalue weighted by Crippen LogP contribution is -2.38. The summed E-state index contributed by atoms with van der Waals surface area (Å²) >= 11 is 0. The zero-order valence-electron chi connectivity index (χ0n) is 13.2. The summed E-state index contributed by atoms with van der Waals surface area (Å²) in [5.74, 6) is -0.266. The first kappa shape index (κ1) is 18.9. The van der Waals surface area contributed by atoms with Crippen molar-refractivity contribution in [1.82, 2.24) is 10.2 Å². The molecule has 1 saturated heterocycles. The number of nitrogens with two attached hydrogens (primary N) is 1. The molecule has 1 aliphatic heterocycles. The lowest BCUT2D eigenvalue weighted by molar-refractivity contribution is -0.122. The van der Waals surface area contributed by atoms with E-state index in [0.29, 0.717) is 25.2 Å². The molecular formula is C16H25ClFN3O. The molecule has 1 heterocycles. The van der Waals surface area contributed by atoms with Crippen LogP contribution in [0.1, 0.15) is 24.5 Å². The van der Waals surface area contributed by atoms with E-state index in [9.17, 15) is 9.18 Å². The van der Waals surface area contributed by atoms with Crippen LogP contribution >= 0.6 is 12.4 Å². The van der Waals surface area contributed by atoms with E-state index in [1.807, 2.05) is 6.07 Å². The minimum Gasteiger partial charge on any atom is -0.351 e. The number of benzene rings is 1. The number of carbonyl (C=O) groups excluding carboxylic acids is 1. The van der Waals surface area contributed by atoms with Crippen LogP contribution in [-0.4, -0.2) is 37.0 Å². The SMILES string of the molecule is Cc1ccc(CNC(=O)CN2CCC(C)(CN)C2)cc1F.Cl. The van der Waals surface area contributed by atoms with Crippen LogP contribution in [0, 0.1) is 18.2 Å². The van der Waals surface area contributed by atoms with Crippen LogP contribution in [0.5, 0.6) is 0 Å². The van der Waals surface area contributed by atoms with Gasteiger partial charge in [0.2, 0.25) is 5.91 Å². The van der Waals surface area contributed by atoms with Crippen molar-refractivity contribution in [3.8, 4) is 0 Å². The average molecular weight is 330 g/mol. The summed E-state index contributed by atoms with van der Waals surface area (Å²) in [6.45, 7) is 7.02. The summed E-state index contributed by atoms with van der Waals surface area (Å²) in [6.07, 6.45) is 1.03. The fourth-order valence-electron chi connectivity index (χ4n) is 2.63. The first-order chi connectivity index (χ1) is 9.92. The van der Waals surface area contributed by atoms with Crippen molar-refractivity contribution in [2.24, 2.45) is 11.1 Å². The van der Waals surface area contributed by atoms with Crippen LogP contribution in [0.2, 0.25) is 0 Å². The van der Waals surface area contributed by atoms with Crippen molar-refractivity contribution in [2.75, 3.05) is 26.2 Å². The zero-order chi connectivity index (χ0) is 15.5. The van der Waals surface area contributed by atoms with Crippen molar-refractivity contribution in [1.29, 1.82) is 0 Å². The van der Waals surface area contributed by atoms with Crippen LogP contribution in [0.3, 0.4) is 0 Å². The number of likely N-dealkylation sites (tertiary alicyclic amines) is 1. The van der Waals surface area contributed by atoms with Gasteiger partial charge >= 0.3 is 0 Å². The van der Waals surface area contributed by atoms with Crippen molar-refractivity contribution in [2.45, 2.75) is 26.8 Å². The Balaban J connectivity index is 0.00000242. The summed E-state index contributed by atoms with van der Waals surface area (Å²) in [7, 11) is 0. The van der Waals surface area contributed by atoms with Gasteiger partial charge in [-0.05, 0) is 49.0 Å². The molecule has 1 atom stereocenters. The van der Waals surface area contributed by atoms with Crippen molar-refractivity contribution in [3.05, 3.63) is 35.1 Å². The maximum absolute atomic E-state index is 13.4. The van der Waals surface area contributed by atoms with Gasteiger partial charge in [0.25, 0.3) is 0 Å². The summed E-state index contributed by atoms with van der Waals surface area (Å²) in [6, 6.07) is 5.03. The van der Waals surface area contributed by atoms with E-state index < -0.39 is 0 Å². The van der Waals surface area contributed by atoms with Gasteiger partial charge in [-0.25, -0.2) is 4.39 Å². The number of hydrogen-bond donors (Lipinski definition) is 2. The van der Waals surface area contributed by atoms with E-state index in [2.05, 4.69) is 17.1 Å². The molecule has 6 heteroatoms. The Labute approximate surface area is 137 Å². The summed E-state index contributed by atoms with van der Waals surface area (Å²) in [4.78, 5) is 14.1. The minimum atomic E-state index is -0.236. The number of nitrogens with one attached hydrogen (secondary N) is 1. The van der Waals surface area contributed by atoms with Crippen molar-refractivity contribution in [3.63, 3.8) is 0 Å². The lowest BCUT2D eigenvalue weighted by Gasteiger charge is -2.22. The molecule has 4 nitrogen and oxygen atoms in total. The van der Waals surface area contributed by atoms with Gasteiger partial charge in [0.1, 0.15) is 5.82 Å². The van der Waals surface area contributed by atoms with E-state index in [-0.39, 0.29) is 29.5 Å². The van der Waals surface area contributed by atoms with Crippen LogP contribution in [0.15, 0.2) is 18.2 Å². The number of carbonyl (C=O) groups is 1. The standard InChI is InChI=1S/C16H24FN3O.ClH/c1-12-3-4-13(7-14(12)17)8-19-15(21)9-20-6-5-16(2,10-18)11-20;/h3-4,7H,5-6,8-11,18H2,1-2H3,(H,19,21);1H. The quantitative estimate of drug-likeness (QED) is 0.866. The molecule has 22 heavy (non-hydrogen) atoms. The second kappa shape index (κ2) is 7.90. The molecule has 0 spiro atoms. The number of halogens is 2. The number of hydrogen-bond acceptors (Lipinski definition) is 3. The molecule has 1 aliphatic rings. The second-order valence-electron chi connectivity index (χ2n) is 6.34. The molecule has 1 aromatic rings. The fraction of sp³-hybridized carbons (Fsp3) is 0.562. The minimum absolute atomic E-state index is 0. The van der Waals surface area contributed by atoms with Crippen LogP contribution in [-0.2, 0) is 11.3 Å². The molecule has 124 valence electrons. The Bertz CT molecular complexity index is 526. The molecule has 3 N–H and O–H groups in total. The normalized spacial score (nSPS) is 21.5. The monoisotopic (exact) mass is 329 g/mol. The van der Waals surface area contributed by atoms with E-state index in [4.69, 9.17) is 5.73 Å². The van der Waals surface area contributed by atoms with Gasteiger partial charge < -0.3 is 11.1 Å². The molecule has 0 aliphatic carbocycles. The van der Waals surface area contributed by atoms with Gasteiger partial charge in [0.15, 0.2) is 0 Å². The van der Waals surface area contributed by atoms with Gasteiger partial charge in [-0.3, -0.25) is 9.69 Å². The molecule has 1 fully saturated rings. The third-order valence-electron chi connectivity index (χ3n) is 4.22. The van der Waals surface area contributed by atoms with Crippen LogP contribution < -0.4 is 11.1 Å². The Kier molecular flexibility index (Phi) is 6.78. The fourth-order valence-corrected chi connectivity index (χ4v) is 2.63. The predicted octanol–water partition coefficient (Wildman–Crippen LogP) is 1.84. The Hall–Kier alpha value is -1.17. The van der Waals surface area contributed by atoms with Gasteiger partial charge in [-0.2, -0.15) is 0 Å². The second-order valence-corrected chi connectivity index (χ2v) is 6.34. The van der Waals surface area contributed by atoms with Gasteiger partial charge in [-0.15, -0.1) is 12.4 Å². The van der Waals surface area contributed by atoms with E-state index >= 15 is 0 Å². The maximum Gasteiger partial charge on any atom is 0.234 e. The zero-order valence-corrected chi connectivity index (χ0v) is 14.0. The van der Waals surface area contributed by atoms with E-state index in [1.54, 1.807) is 13.0 Å². The summed E-state index contributed by atoms with van der Waals surface area (Å²) < 4.78 is 13.4. The molecule has 2 rings (SSSR count). The molecule has 0 bridgehead atoms. The number of aryl methyl sites for hydroxylation is 1. The first-order valence-corrected chi connectivity index (χ1v) is 7.36. The largest absolute Gasteiger partial charge is 0.351 e. The first-order valence-electron chi connectivity index (χ1n) is 7.36. The highest BCUT2D eigenvalue weighted by molar-refractivity contribution is 5.85. The third kappa shape index (κ3) is 4.93. The lowest BCUT2D eigenvalue weighted by atomic mass is 9.90. The van der Waals surface area contributed by atoms with E-state index in [0.717, 1.165) is 25.1 Å². The molecular weight excluding hydrogens is 305 g/mol. The Morgan fingerprint density at radius 1 is 1.50 bits per heavy atom. The highest BCUT2D eigenvalue weighted by Gasteiger charge is 2.32. The van der Waals surface area contributed by atoms with Gasteiger partial charge in [0, 0.05) is 13.1 Å². The molecule has 0 saturated carbocycles. The number of amides is 1. The maximum atomic E-state index is 13.4. The van der Waals surface area contributed by atoms with Crippen molar-refractivity contribution >= 4 is 18.3 Å². The highest BCUT2D eigenvalue weighted by Crippen LogP contribution is 2.27. The molecule has 1 unspecified atom stereocenters. The highest BCUT2D eigenvalue weighted by atomic mass is 35.5. The van der Waals surface area contributed by atoms with Gasteiger partial charge in [0.05, 0.1) is 6.54 Å². The Morgan fingerprint density at radius 3 is 2.82 bits per heavy atom. The predicted molar refractivity (Wildman–Crippen MR) is 88.5 cm³/mol. The third-order valence-corrected chi connectivity index (χ3v) is 4.22. The molecule has 1 aromatic carbocycles. The smallest absolute Gasteiger partial charge is 0.234 e. The summed E-state index contributed by atoms with van der Waals surface area (Å²) in [5, 5.41) is 2.84.